The third-order valence-corrected chi connectivity index (χ3v) is 6.60. The molecule has 10 heteroatoms. The normalized spacial score (nSPS) is 15.5. The SMILES string of the molecule is CCn1c(=O)n(C(=O)NCC2CCN(CC(COc3ccccc3)NC(=O)O)CC2)c2ccccc21. The van der Waals surface area contributed by atoms with Crippen molar-refractivity contribution in [2.45, 2.75) is 32.4 Å². The number of para-hydroxylation sites is 3. The highest BCUT2D eigenvalue weighted by molar-refractivity contribution is 5.89. The number of carbonyl (C=O) groups excluding carboxylic acids is 1. The molecule has 2 aromatic carbocycles. The first-order valence-corrected chi connectivity index (χ1v) is 12.3. The highest BCUT2D eigenvalue weighted by Crippen LogP contribution is 2.18. The van der Waals surface area contributed by atoms with Crippen molar-refractivity contribution in [2.75, 3.05) is 32.8 Å². The number of amides is 2. The van der Waals surface area contributed by atoms with Crippen LogP contribution in [0.3, 0.4) is 0 Å². The van der Waals surface area contributed by atoms with E-state index in [4.69, 9.17) is 4.74 Å². The van der Waals surface area contributed by atoms with Crippen molar-refractivity contribution in [3.05, 3.63) is 65.1 Å². The molecule has 4 rings (SSSR count). The Balaban J connectivity index is 1.28. The van der Waals surface area contributed by atoms with Crippen LogP contribution in [0.1, 0.15) is 19.8 Å². The van der Waals surface area contributed by atoms with E-state index in [9.17, 15) is 19.5 Å². The molecular formula is C26H33N5O5. The average Bonchev–Trinajstić information content (AvgIpc) is 3.18. The smallest absolute Gasteiger partial charge is 0.405 e. The van der Waals surface area contributed by atoms with Crippen LogP contribution in [0, 0.1) is 5.92 Å². The second-order valence-corrected chi connectivity index (χ2v) is 9.05. The fraction of sp³-hybridized carbons (Fsp3) is 0.423. The Morgan fingerprint density at radius 2 is 1.72 bits per heavy atom. The fourth-order valence-corrected chi connectivity index (χ4v) is 4.73. The molecule has 1 unspecified atom stereocenters. The van der Waals surface area contributed by atoms with Crippen molar-refractivity contribution in [2.24, 2.45) is 5.92 Å². The number of rotatable bonds is 9. The Morgan fingerprint density at radius 1 is 1.06 bits per heavy atom. The number of ether oxygens (including phenoxy) is 1. The lowest BCUT2D eigenvalue weighted by molar-refractivity contribution is 0.138. The Kier molecular flexibility index (Phi) is 8.27. The van der Waals surface area contributed by atoms with E-state index in [1.165, 1.54) is 4.57 Å². The van der Waals surface area contributed by atoms with Gasteiger partial charge in [-0.2, -0.15) is 0 Å². The molecule has 2 heterocycles. The lowest BCUT2D eigenvalue weighted by atomic mass is 9.96. The van der Waals surface area contributed by atoms with Gasteiger partial charge in [0.05, 0.1) is 17.1 Å². The van der Waals surface area contributed by atoms with Crippen molar-refractivity contribution < 1.29 is 19.4 Å². The topological polar surface area (TPSA) is 118 Å². The van der Waals surface area contributed by atoms with E-state index in [1.54, 1.807) is 10.6 Å². The fourth-order valence-electron chi connectivity index (χ4n) is 4.73. The molecule has 0 saturated carbocycles. The summed E-state index contributed by atoms with van der Waals surface area (Å²) in [5, 5.41) is 14.7. The van der Waals surface area contributed by atoms with Gasteiger partial charge in [0.15, 0.2) is 0 Å². The van der Waals surface area contributed by atoms with Gasteiger partial charge in [0.25, 0.3) is 0 Å². The Bertz CT molecular complexity index is 1230. The maximum absolute atomic E-state index is 12.9. The second-order valence-electron chi connectivity index (χ2n) is 9.05. The van der Waals surface area contributed by atoms with Gasteiger partial charge in [-0.15, -0.1) is 0 Å². The predicted octanol–water partition coefficient (Wildman–Crippen LogP) is 2.81. The Morgan fingerprint density at radius 3 is 2.39 bits per heavy atom. The van der Waals surface area contributed by atoms with E-state index in [2.05, 4.69) is 15.5 Å². The molecule has 1 aliphatic heterocycles. The van der Waals surface area contributed by atoms with Gasteiger partial charge in [-0.3, -0.25) is 4.57 Å². The molecule has 3 aromatic rings. The minimum Gasteiger partial charge on any atom is -0.491 e. The summed E-state index contributed by atoms with van der Waals surface area (Å²) in [7, 11) is 0. The van der Waals surface area contributed by atoms with E-state index in [0.717, 1.165) is 31.4 Å². The first kappa shape index (κ1) is 25.3. The summed E-state index contributed by atoms with van der Waals surface area (Å²) in [6, 6.07) is 15.9. The Hall–Kier alpha value is -3.79. The highest BCUT2D eigenvalue weighted by Gasteiger charge is 2.24. The third-order valence-electron chi connectivity index (χ3n) is 6.60. The second kappa shape index (κ2) is 11.8. The van der Waals surface area contributed by atoms with Crippen LogP contribution in [-0.2, 0) is 6.54 Å². The van der Waals surface area contributed by atoms with Gasteiger partial charge in [0.1, 0.15) is 12.4 Å². The molecule has 1 saturated heterocycles. The molecule has 2 amide bonds. The van der Waals surface area contributed by atoms with Gasteiger partial charge in [0, 0.05) is 19.6 Å². The molecule has 0 radical (unpaired) electrons. The molecular weight excluding hydrogens is 462 g/mol. The van der Waals surface area contributed by atoms with Crippen LogP contribution >= 0.6 is 0 Å². The number of benzene rings is 2. The number of aryl methyl sites for hydroxylation is 1. The molecule has 192 valence electrons. The van der Waals surface area contributed by atoms with Crippen LogP contribution in [-0.4, -0.2) is 70.1 Å². The number of hydrogen-bond acceptors (Lipinski definition) is 5. The number of hydrogen-bond donors (Lipinski definition) is 3. The van der Waals surface area contributed by atoms with E-state index in [0.29, 0.717) is 30.9 Å². The molecule has 36 heavy (non-hydrogen) atoms. The zero-order valence-electron chi connectivity index (χ0n) is 20.4. The summed E-state index contributed by atoms with van der Waals surface area (Å²) in [4.78, 5) is 39.2. The number of likely N-dealkylation sites (tertiary alicyclic amines) is 1. The largest absolute Gasteiger partial charge is 0.491 e. The number of fused-ring (bicyclic) bond motifs is 1. The summed E-state index contributed by atoms with van der Waals surface area (Å²) in [6.45, 7) is 5.23. The van der Waals surface area contributed by atoms with Gasteiger partial charge < -0.3 is 25.4 Å². The van der Waals surface area contributed by atoms with Crippen molar-refractivity contribution in [1.82, 2.24) is 24.7 Å². The van der Waals surface area contributed by atoms with Crippen LogP contribution in [0.2, 0.25) is 0 Å². The van der Waals surface area contributed by atoms with E-state index in [-0.39, 0.29) is 24.3 Å². The van der Waals surface area contributed by atoms with Crippen LogP contribution in [0.5, 0.6) is 5.75 Å². The minimum atomic E-state index is -1.08. The van der Waals surface area contributed by atoms with Gasteiger partial charge in [0.2, 0.25) is 0 Å². The van der Waals surface area contributed by atoms with Crippen LogP contribution in [0.25, 0.3) is 11.0 Å². The number of nitrogens with one attached hydrogen (secondary N) is 2. The standard InChI is InChI=1S/C26H33N5O5/c1-2-30-22-10-6-7-11-23(22)31(26(30)35)24(32)27-16-19-12-14-29(15-13-19)17-20(28-25(33)34)18-36-21-8-4-3-5-9-21/h3-11,19-20,28H,2,12-18H2,1H3,(H,27,32)(H,33,34). The Labute approximate surface area is 209 Å². The van der Waals surface area contributed by atoms with Crippen molar-refractivity contribution >= 4 is 23.2 Å². The number of nitrogens with zero attached hydrogens (tertiary/aromatic N) is 3. The maximum atomic E-state index is 12.9. The number of aromatic nitrogens is 2. The predicted molar refractivity (Wildman–Crippen MR) is 137 cm³/mol. The molecule has 1 aliphatic rings. The summed E-state index contributed by atoms with van der Waals surface area (Å²) in [5.74, 6) is 0.984. The molecule has 0 aliphatic carbocycles. The minimum absolute atomic E-state index is 0.242. The first-order chi connectivity index (χ1) is 17.5. The van der Waals surface area contributed by atoms with E-state index >= 15 is 0 Å². The van der Waals surface area contributed by atoms with Crippen LogP contribution in [0.4, 0.5) is 9.59 Å². The van der Waals surface area contributed by atoms with Crippen LogP contribution < -0.4 is 21.1 Å². The summed E-state index contributed by atoms with van der Waals surface area (Å²) in [5.41, 5.74) is 1.02. The van der Waals surface area contributed by atoms with Gasteiger partial charge in [-0.1, -0.05) is 30.3 Å². The zero-order chi connectivity index (χ0) is 25.5. The van der Waals surface area contributed by atoms with E-state index < -0.39 is 12.1 Å². The third kappa shape index (κ3) is 6.06. The quantitative estimate of drug-likeness (QED) is 0.420. The van der Waals surface area contributed by atoms with Gasteiger partial charge in [-0.25, -0.2) is 19.0 Å². The van der Waals surface area contributed by atoms with Crippen molar-refractivity contribution in [3.8, 4) is 5.75 Å². The lowest BCUT2D eigenvalue weighted by Crippen LogP contribution is -2.49. The molecule has 1 atom stereocenters. The zero-order valence-corrected chi connectivity index (χ0v) is 20.4. The summed E-state index contributed by atoms with van der Waals surface area (Å²) < 4.78 is 8.56. The lowest BCUT2D eigenvalue weighted by Gasteiger charge is -2.34. The molecule has 1 fully saturated rings. The van der Waals surface area contributed by atoms with Crippen molar-refractivity contribution in [3.63, 3.8) is 0 Å². The van der Waals surface area contributed by atoms with Gasteiger partial charge >= 0.3 is 17.8 Å². The molecule has 0 spiro atoms. The highest BCUT2D eigenvalue weighted by atomic mass is 16.5. The number of imidazole rings is 1. The maximum Gasteiger partial charge on any atom is 0.405 e. The van der Waals surface area contributed by atoms with Crippen LogP contribution in [0.15, 0.2) is 59.4 Å². The van der Waals surface area contributed by atoms with E-state index in [1.807, 2.05) is 55.5 Å². The number of piperidine rings is 1. The number of carbonyl (C=O) groups is 2. The number of carboxylic acid groups (broad SMARTS) is 1. The average molecular weight is 496 g/mol. The molecule has 1 aromatic heterocycles. The van der Waals surface area contributed by atoms with Gasteiger partial charge in [-0.05, 0) is 63.0 Å². The summed E-state index contributed by atoms with van der Waals surface area (Å²) >= 11 is 0. The summed E-state index contributed by atoms with van der Waals surface area (Å²) in [6.07, 6.45) is 0.658. The monoisotopic (exact) mass is 495 g/mol. The molecule has 3 N–H and O–H groups in total. The van der Waals surface area contributed by atoms with Crippen molar-refractivity contribution in [1.29, 1.82) is 0 Å². The molecule has 10 nitrogen and oxygen atoms in total. The molecule has 0 bridgehead atoms. The first-order valence-electron chi connectivity index (χ1n) is 12.3.